The van der Waals surface area contributed by atoms with Gasteiger partial charge in [0.25, 0.3) is 5.56 Å². The highest BCUT2D eigenvalue weighted by molar-refractivity contribution is 9.11. The van der Waals surface area contributed by atoms with Crippen LogP contribution in [0.1, 0.15) is 36.6 Å². The van der Waals surface area contributed by atoms with Crippen LogP contribution in [0.25, 0.3) is 11.8 Å². The van der Waals surface area contributed by atoms with Crippen LogP contribution in [0.4, 0.5) is 0 Å². The number of rotatable bonds is 7. The summed E-state index contributed by atoms with van der Waals surface area (Å²) in [6.45, 7) is 4.42. The van der Waals surface area contributed by atoms with Gasteiger partial charge >= 0.3 is 5.97 Å². The van der Waals surface area contributed by atoms with Crippen molar-refractivity contribution in [2.24, 2.45) is 4.99 Å². The number of hydrogen-bond donors (Lipinski definition) is 0. The van der Waals surface area contributed by atoms with E-state index in [1.54, 1.807) is 11.5 Å². The van der Waals surface area contributed by atoms with Crippen molar-refractivity contribution in [3.05, 3.63) is 124 Å². The molecule has 3 aromatic carbocycles. The molecule has 0 bridgehead atoms. The van der Waals surface area contributed by atoms with Crippen LogP contribution in [-0.4, -0.2) is 23.8 Å². The molecule has 198 valence electrons. The maximum Gasteiger partial charge on any atom is 0.338 e. The number of hydrogen-bond acceptors (Lipinski definition) is 6. The van der Waals surface area contributed by atoms with Crippen LogP contribution in [0.5, 0.6) is 5.75 Å². The minimum Gasteiger partial charge on any atom is -0.492 e. The molecule has 4 aromatic rings. The van der Waals surface area contributed by atoms with Crippen LogP contribution in [-0.2, 0) is 9.53 Å². The molecular weight excluding hydrogens is 644 g/mol. The molecular formula is C30H24Br2N2O4S. The summed E-state index contributed by atoms with van der Waals surface area (Å²) in [6, 6.07) is 22.1. The molecule has 5 rings (SSSR count). The molecule has 0 N–H and O–H groups in total. The number of aromatic nitrogens is 1. The average Bonchev–Trinajstić information content (AvgIpc) is 3.25. The smallest absolute Gasteiger partial charge is 0.338 e. The number of esters is 1. The summed E-state index contributed by atoms with van der Waals surface area (Å²) >= 11 is 8.42. The van der Waals surface area contributed by atoms with E-state index in [2.05, 4.69) is 31.9 Å². The first-order valence-corrected chi connectivity index (χ1v) is 14.8. The first kappa shape index (κ1) is 27.3. The van der Waals surface area contributed by atoms with Crippen molar-refractivity contribution < 1.29 is 14.3 Å². The molecule has 0 saturated carbocycles. The Morgan fingerprint density at radius 1 is 1.00 bits per heavy atom. The highest BCUT2D eigenvalue weighted by Crippen LogP contribution is 2.36. The van der Waals surface area contributed by atoms with Crippen molar-refractivity contribution >= 4 is 60.9 Å². The fourth-order valence-corrected chi connectivity index (χ4v) is 6.94. The summed E-state index contributed by atoms with van der Waals surface area (Å²) < 4.78 is 14.8. The fourth-order valence-electron chi connectivity index (χ4n) is 4.49. The number of nitrogens with zero attached hydrogens (tertiary/aromatic N) is 2. The van der Waals surface area contributed by atoms with Crippen LogP contribution in [0.2, 0.25) is 0 Å². The van der Waals surface area contributed by atoms with E-state index in [0.717, 1.165) is 25.6 Å². The third-order valence-electron chi connectivity index (χ3n) is 6.10. The van der Waals surface area contributed by atoms with E-state index in [1.807, 2.05) is 85.8 Å². The molecule has 0 radical (unpaired) electrons. The molecule has 1 aromatic heterocycles. The zero-order valence-electron chi connectivity index (χ0n) is 21.2. The second-order valence-corrected chi connectivity index (χ2v) is 11.3. The SMILES string of the molecule is CCOC(=O)C1=C(c2ccccc2)N=c2s/c(=C\c3cc(Br)c(OCC)c(Br)c3)c(=O)n2[C@H]1c1ccccc1. The van der Waals surface area contributed by atoms with Gasteiger partial charge in [-0.1, -0.05) is 72.0 Å². The monoisotopic (exact) mass is 666 g/mol. The summed E-state index contributed by atoms with van der Waals surface area (Å²) in [7, 11) is 0. The van der Waals surface area contributed by atoms with Gasteiger partial charge in [-0.15, -0.1) is 0 Å². The summed E-state index contributed by atoms with van der Waals surface area (Å²) in [5.41, 5.74) is 2.98. The quantitative estimate of drug-likeness (QED) is 0.232. The minimum atomic E-state index is -0.697. The van der Waals surface area contributed by atoms with Crippen molar-refractivity contribution in [2.45, 2.75) is 19.9 Å². The number of ether oxygens (including phenoxy) is 2. The second-order valence-electron chi connectivity index (χ2n) is 8.59. The number of fused-ring (bicyclic) bond motifs is 1. The lowest BCUT2D eigenvalue weighted by Gasteiger charge is -2.25. The minimum absolute atomic E-state index is 0.206. The summed E-state index contributed by atoms with van der Waals surface area (Å²) in [5.74, 6) is 0.203. The molecule has 9 heteroatoms. The third kappa shape index (κ3) is 5.44. The van der Waals surface area contributed by atoms with E-state index in [0.29, 0.717) is 33.0 Å². The number of carbonyl (C=O) groups is 1. The Balaban J connectivity index is 1.78. The molecule has 1 aliphatic rings. The Morgan fingerprint density at radius 3 is 2.26 bits per heavy atom. The Bertz CT molecular complexity index is 1720. The Kier molecular flexibility index (Phi) is 8.30. The van der Waals surface area contributed by atoms with Crippen molar-refractivity contribution in [1.29, 1.82) is 0 Å². The van der Waals surface area contributed by atoms with Gasteiger partial charge in [0.2, 0.25) is 0 Å². The molecule has 1 aliphatic heterocycles. The van der Waals surface area contributed by atoms with E-state index in [-0.39, 0.29) is 12.2 Å². The zero-order chi connectivity index (χ0) is 27.5. The van der Waals surface area contributed by atoms with Gasteiger partial charge in [-0.2, -0.15) is 0 Å². The van der Waals surface area contributed by atoms with Crippen molar-refractivity contribution in [2.75, 3.05) is 13.2 Å². The predicted molar refractivity (Wildman–Crippen MR) is 161 cm³/mol. The van der Waals surface area contributed by atoms with Crippen LogP contribution in [0, 0.1) is 0 Å². The third-order valence-corrected chi connectivity index (χ3v) is 8.26. The average molecular weight is 668 g/mol. The van der Waals surface area contributed by atoms with E-state index >= 15 is 0 Å². The maximum absolute atomic E-state index is 14.0. The lowest BCUT2D eigenvalue weighted by Crippen LogP contribution is -2.39. The van der Waals surface area contributed by atoms with Crippen molar-refractivity contribution in [3.63, 3.8) is 0 Å². The lowest BCUT2D eigenvalue weighted by molar-refractivity contribution is -0.138. The van der Waals surface area contributed by atoms with Gasteiger partial charge in [0.1, 0.15) is 5.75 Å². The highest BCUT2D eigenvalue weighted by atomic mass is 79.9. The normalized spacial score (nSPS) is 15.1. The van der Waals surface area contributed by atoms with Gasteiger partial charge in [0.05, 0.1) is 44.0 Å². The summed E-state index contributed by atoms with van der Waals surface area (Å²) in [5, 5.41) is 0. The molecule has 0 unspecified atom stereocenters. The van der Waals surface area contributed by atoms with E-state index < -0.39 is 12.0 Å². The fraction of sp³-hybridized carbons (Fsp3) is 0.167. The Morgan fingerprint density at radius 2 is 1.64 bits per heavy atom. The van der Waals surface area contributed by atoms with Crippen molar-refractivity contribution in [1.82, 2.24) is 4.57 Å². The predicted octanol–water partition coefficient (Wildman–Crippen LogP) is 5.86. The molecule has 0 amide bonds. The van der Waals surface area contributed by atoms with Gasteiger partial charge in [0, 0.05) is 5.56 Å². The van der Waals surface area contributed by atoms with Gasteiger partial charge in [0.15, 0.2) is 4.80 Å². The van der Waals surface area contributed by atoms with E-state index in [9.17, 15) is 9.59 Å². The number of halogens is 2. The molecule has 2 heterocycles. The van der Waals surface area contributed by atoms with Crippen molar-refractivity contribution in [3.8, 4) is 5.75 Å². The number of carbonyl (C=O) groups excluding carboxylic acids is 1. The Labute approximate surface area is 246 Å². The second kappa shape index (κ2) is 11.9. The standard InChI is InChI=1S/C30H24Br2N2O4S/c1-3-37-27-21(31)15-18(16-22(27)32)17-23-28(35)34-26(20-13-9-6-10-14-20)24(29(36)38-4-2)25(33-30(34)39-23)19-11-7-5-8-12-19/h5-17,26H,3-4H2,1-2H3/b23-17-/t26-/m0/s1. The lowest BCUT2D eigenvalue weighted by atomic mass is 9.93. The zero-order valence-corrected chi connectivity index (χ0v) is 25.2. The topological polar surface area (TPSA) is 69.9 Å². The molecule has 0 spiro atoms. The molecule has 0 fully saturated rings. The summed E-state index contributed by atoms with van der Waals surface area (Å²) in [6.07, 6.45) is 1.83. The summed E-state index contributed by atoms with van der Waals surface area (Å²) in [4.78, 5) is 32.8. The molecule has 6 nitrogen and oxygen atoms in total. The van der Waals surface area contributed by atoms with E-state index in [4.69, 9.17) is 14.5 Å². The largest absolute Gasteiger partial charge is 0.492 e. The van der Waals surface area contributed by atoms with Gasteiger partial charge in [-0.25, -0.2) is 9.79 Å². The molecule has 1 atom stereocenters. The van der Waals surface area contributed by atoms with Crippen LogP contribution in [0.3, 0.4) is 0 Å². The maximum atomic E-state index is 14.0. The highest BCUT2D eigenvalue weighted by Gasteiger charge is 2.35. The van der Waals surface area contributed by atoms with Gasteiger partial charge in [-0.05, 0) is 75.0 Å². The van der Waals surface area contributed by atoms with Crippen LogP contribution >= 0.6 is 43.2 Å². The first-order chi connectivity index (χ1) is 18.9. The first-order valence-electron chi connectivity index (χ1n) is 12.4. The van der Waals surface area contributed by atoms with Gasteiger partial charge in [-0.3, -0.25) is 9.36 Å². The number of thiazole rings is 1. The number of benzene rings is 3. The molecule has 39 heavy (non-hydrogen) atoms. The Hall–Kier alpha value is -3.27. The van der Waals surface area contributed by atoms with Crippen LogP contribution < -0.4 is 19.6 Å². The van der Waals surface area contributed by atoms with Gasteiger partial charge < -0.3 is 9.47 Å². The molecule has 0 saturated heterocycles. The van der Waals surface area contributed by atoms with E-state index in [1.165, 1.54) is 11.3 Å². The van der Waals surface area contributed by atoms with Crippen LogP contribution in [0.15, 0.2) is 97.1 Å². The molecule has 0 aliphatic carbocycles.